The number of imidazole rings is 1. The van der Waals surface area contributed by atoms with Crippen molar-refractivity contribution in [2.75, 3.05) is 6.54 Å². The zero-order valence-corrected chi connectivity index (χ0v) is 14.8. The topological polar surface area (TPSA) is 84.7 Å². The van der Waals surface area contributed by atoms with Gasteiger partial charge in [-0.25, -0.2) is 15.0 Å². The smallest absolute Gasteiger partial charge is 0.347 e. The number of hydrogen-bond donors (Lipinski definition) is 2. The molecule has 2 N–H and O–H groups in total. The number of carbonyl (C=O) groups excluding carboxylic acids is 1. The number of carbonyl (C=O) groups is 1. The Bertz CT molecular complexity index is 783. The molecule has 1 amide bonds. The summed E-state index contributed by atoms with van der Waals surface area (Å²) in [7, 11) is 1.83. The van der Waals surface area contributed by atoms with E-state index in [0.29, 0.717) is 31.4 Å². The molecule has 0 aliphatic heterocycles. The first-order valence-corrected chi connectivity index (χ1v) is 8.72. The normalized spacial score (nSPS) is 20.4. The fourth-order valence-electron chi connectivity index (χ4n) is 3.17. The number of aryl methyl sites for hydroxylation is 1. The van der Waals surface area contributed by atoms with E-state index in [0.717, 1.165) is 5.69 Å². The fourth-order valence-corrected chi connectivity index (χ4v) is 3.17. The predicted octanol–water partition coefficient (Wildman–Crippen LogP) is 2.07. The number of amides is 1. The Morgan fingerprint density at radius 2 is 1.96 bits per heavy atom. The Hall–Kier alpha value is -2.49. The van der Waals surface area contributed by atoms with Crippen LogP contribution in [0.25, 0.3) is 11.4 Å². The number of alkyl halides is 3. The van der Waals surface area contributed by atoms with E-state index >= 15 is 0 Å². The molecule has 0 saturated heterocycles. The van der Waals surface area contributed by atoms with Crippen molar-refractivity contribution in [1.82, 2.24) is 30.2 Å². The van der Waals surface area contributed by atoms with E-state index in [-0.39, 0.29) is 23.8 Å². The maximum absolute atomic E-state index is 12.4. The van der Waals surface area contributed by atoms with E-state index in [1.807, 2.05) is 7.05 Å². The van der Waals surface area contributed by atoms with Crippen molar-refractivity contribution in [1.29, 1.82) is 0 Å². The number of nitrogens with one attached hydrogen (secondary N) is 2. The highest BCUT2D eigenvalue weighted by atomic mass is 19.4. The van der Waals surface area contributed by atoms with E-state index in [1.54, 1.807) is 23.2 Å². The van der Waals surface area contributed by atoms with Crippen LogP contribution in [0.1, 0.15) is 36.3 Å². The molecule has 0 unspecified atom stereocenters. The third kappa shape index (κ3) is 5.25. The third-order valence-corrected chi connectivity index (χ3v) is 4.59. The highest BCUT2D eigenvalue weighted by Crippen LogP contribution is 2.21. The molecule has 7 nitrogen and oxygen atoms in total. The van der Waals surface area contributed by atoms with Crippen molar-refractivity contribution in [2.45, 2.75) is 43.9 Å². The van der Waals surface area contributed by atoms with Crippen LogP contribution in [0.5, 0.6) is 0 Å². The van der Waals surface area contributed by atoms with E-state index in [4.69, 9.17) is 0 Å². The van der Waals surface area contributed by atoms with Crippen LogP contribution in [0.4, 0.5) is 13.2 Å². The summed E-state index contributed by atoms with van der Waals surface area (Å²) in [5, 5.41) is 5.40. The summed E-state index contributed by atoms with van der Waals surface area (Å²) in [6, 6.07) is 1.43. The molecule has 0 spiro atoms. The highest BCUT2D eigenvalue weighted by Gasteiger charge is 2.30. The fraction of sp³-hybridized carbons (Fsp3) is 0.529. The third-order valence-electron chi connectivity index (χ3n) is 4.59. The van der Waals surface area contributed by atoms with Gasteiger partial charge in [0.25, 0.3) is 5.91 Å². The van der Waals surface area contributed by atoms with Gasteiger partial charge in [-0.2, -0.15) is 13.2 Å². The first-order chi connectivity index (χ1) is 12.8. The van der Waals surface area contributed by atoms with Gasteiger partial charge < -0.3 is 15.2 Å². The summed E-state index contributed by atoms with van der Waals surface area (Å²) in [5.41, 5.74) is 1.36. The molecule has 1 saturated carbocycles. The quantitative estimate of drug-likeness (QED) is 0.827. The molecule has 146 valence electrons. The number of halogens is 3. The Morgan fingerprint density at radius 3 is 2.59 bits per heavy atom. The van der Waals surface area contributed by atoms with Gasteiger partial charge in [-0.05, 0) is 31.7 Å². The lowest BCUT2D eigenvalue weighted by Crippen LogP contribution is -2.44. The second-order valence-corrected chi connectivity index (χ2v) is 6.67. The van der Waals surface area contributed by atoms with Crippen molar-refractivity contribution in [3.05, 3.63) is 30.6 Å². The summed E-state index contributed by atoms with van der Waals surface area (Å²) >= 11 is 0. The molecule has 27 heavy (non-hydrogen) atoms. The van der Waals surface area contributed by atoms with Crippen molar-refractivity contribution < 1.29 is 18.0 Å². The first-order valence-electron chi connectivity index (χ1n) is 8.72. The van der Waals surface area contributed by atoms with Gasteiger partial charge in [-0.3, -0.25) is 4.79 Å². The lowest BCUT2D eigenvalue weighted by Gasteiger charge is -2.29. The van der Waals surface area contributed by atoms with Gasteiger partial charge in [0, 0.05) is 25.3 Å². The van der Waals surface area contributed by atoms with E-state index in [2.05, 4.69) is 25.6 Å². The maximum Gasteiger partial charge on any atom is 0.401 e. The molecule has 3 rings (SSSR count). The van der Waals surface area contributed by atoms with Crippen molar-refractivity contribution in [3.63, 3.8) is 0 Å². The van der Waals surface area contributed by atoms with E-state index in [1.165, 1.54) is 6.20 Å². The Kier molecular flexibility index (Phi) is 5.73. The monoisotopic (exact) mass is 382 g/mol. The minimum Gasteiger partial charge on any atom is -0.347 e. The predicted molar refractivity (Wildman–Crippen MR) is 91.8 cm³/mol. The summed E-state index contributed by atoms with van der Waals surface area (Å²) in [4.78, 5) is 24.8. The molecular weight excluding hydrogens is 361 g/mol. The molecule has 1 aliphatic rings. The van der Waals surface area contributed by atoms with Crippen molar-refractivity contribution in [3.8, 4) is 11.4 Å². The van der Waals surface area contributed by atoms with Gasteiger partial charge in [0.2, 0.25) is 5.82 Å². The molecule has 10 heteroatoms. The average molecular weight is 382 g/mol. The molecule has 2 aromatic heterocycles. The number of hydrogen-bond acceptors (Lipinski definition) is 5. The molecule has 2 aromatic rings. The molecule has 0 atom stereocenters. The maximum atomic E-state index is 12.4. The Balaban J connectivity index is 1.54. The lowest BCUT2D eigenvalue weighted by molar-refractivity contribution is -0.126. The summed E-state index contributed by atoms with van der Waals surface area (Å²) in [6.07, 6.45) is 2.99. The minimum absolute atomic E-state index is 0.0611. The van der Waals surface area contributed by atoms with Gasteiger partial charge >= 0.3 is 6.18 Å². The molecule has 0 aromatic carbocycles. The van der Waals surface area contributed by atoms with Gasteiger partial charge in [-0.15, -0.1) is 0 Å². The van der Waals surface area contributed by atoms with Crippen LogP contribution in [0, 0.1) is 0 Å². The van der Waals surface area contributed by atoms with Crippen LogP contribution in [-0.2, 0) is 7.05 Å². The second-order valence-electron chi connectivity index (χ2n) is 6.67. The Labute approximate surface area is 154 Å². The average Bonchev–Trinajstić information content (AvgIpc) is 3.06. The second kappa shape index (κ2) is 8.03. The number of nitrogens with zero attached hydrogens (tertiary/aromatic N) is 4. The van der Waals surface area contributed by atoms with Crippen molar-refractivity contribution >= 4 is 5.91 Å². The van der Waals surface area contributed by atoms with Crippen LogP contribution < -0.4 is 10.6 Å². The molecule has 2 heterocycles. The van der Waals surface area contributed by atoms with E-state index < -0.39 is 12.7 Å². The summed E-state index contributed by atoms with van der Waals surface area (Å²) in [6.45, 7) is -0.983. The van der Waals surface area contributed by atoms with Gasteiger partial charge in [-0.1, -0.05) is 0 Å². The zero-order chi connectivity index (χ0) is 19.4. The standard InChI is InChI=1S/C17H21F3N6O/c1-26-10-21-8-14(26)13-6-7-22-15(25-13)16(27)24-12-4-2-11(3-5-12)23-9-17(18,19)20/h6-8,10-12,23H,2-5,9H2,1H3,(H,24,27)/t11-,12-. The van der Waals surface area contributed by atoms with Gasteiger partial charge in [0.1, 0.15) is 0 Å². The zero-order valence-electron chi connectivity index (χ0n) is 14.8. The number of rotatable bonds is 5. The minimum atomic E-state index is -4.21. The molecule has 0 bridgehead atoms. The molecule has 1 fully saturated rings. The Morgan fingerprint density at radius 1 is 1.26 bits per heavy atom. The van der Waals surface area contributed by atoms with Crippen LogP contribution >= 0.6 is 0 Å². The van der Waals surface area contributed by atoms with Crippen LogP contribution in [-0.4, -0.2) is 50.2 Å². The molecule has 0 radical (unpaired) electrons. The first kappa shape index (κ1) is 19.3. The van der Waals surface area contributed by atoms with Crippen LogP contribution in [0.2, 0.25) is 0 Å². The summed E-state index contributed by atoms with van der Waals surface area (Å²) < 4.78 is 38.6. The summed E-state index contributed by atoms with van der Waals surface area (Å²) in [5.74, 6) is -0.322. The van der Waals surface area contributed by atoms with Crippen molar-refractivity contribution in [2.24, 2.45) is 7.05 Å². The molecular formula is C17H21F3N6O. The molecule has 1 aliphatic carbocycles. The largest absolute Gasteiger partial charge is 0.401 e. The van der Waals surface area contributed by atoms with E-state index in [9.17, 15) is 18.0 Å². The van der Waals surface area contributed by atoms with Gasteiger partial charge in [0.15, 0.2) is 0 Å². The number of aromatic nitrogens is 4. The SMILES string of the molecule is Cn1cncc1-c1ccnc(C(=O)N[C@H]2CC[C@H](NCC(F)(F)F)CC2)n1. The van der Waals surface area contributed by atoms with Crippen LogP contribution in [0.3, 0.4) is 0 Å². The van der Waals surface area contributed by atoms with Gasteiger partial charge in [0.05, 0.1) is 30.5 Å². The van der Waals surface area contributed by atoms with Crippen LogP contribution in [0.15, 0.2) is 24.8 Å². The lowest BCUT2D eigenvalue weighted by atomic mass is 9.91. The highest BCUT2D eigenvalue weighted by molar-refractivity contribution is 5.91.